The van der Waals surface area contributed by atoms with E-state index >= 15 is 0 Å². The van der Waals surface area contributed by atoms with Crippen LogP contribution in [0.4, 0.5) is 14.6 Å². The highest BCUT2D eigenvalue weighted by atomic mass is 35.5. The zero-order chi connectivity index (χ0) is 18.1. The number of carbonyl (C=O) groups is 1. The first-order chi connectivity index (χ1) is 11.9. The van der Waals surface area contributed by atoms with Crippen molar-refractivity contribution in [2.24, 2.45) is 0 Å². The topological polar surface area (TPSA) is 66.2 Å². The fourth-order valence-electron chi connectivity index (χ4n) is 2.89. The van der Waals surface area contributed by atoms with Crippen LogP contribution in [0.1, 0.15) is 23.5 Å². The number of halogens is 3. The lowest BCUT2D eigenvalue weighted by Crippen LogP contribution is -2.26. The van der Waals surface area contributed by atoms with Crippen LogP contribution in [-0.4, -0.2) is 24.5 Å². The fraction of sp³-hybridized carbons (Fsp3) is 0.235. The van der Waals surface area contributed by atoms with Crippen molar-refractivity contribution in [1.29, 1.82) is 5.26 Å². The van der Waals surface area contributed by atoms with Gasteiger partial charge in [0.15, 0.2) is 5.82 Å². The molecular weight excluding hydrogens is 352 g/mol. The third kappa shape index (κ3) is 3.13. The molecule has 1 aromatic heterocycles. The lowest BCUT2D eigenvalue weighted by atomic mass is 9.97. The molecule has 1 fully saturated rings. The van der Waals surface area contributed by atoms with Crippen LogP contribution in [0.25, 0.3) is 0 Å². The summed E-state index contributed by atoms with van der Waals surface area (Å²) in [6.45, 7) is 0.00102. The number of rotatable bonds is 3. The molecule has 1 aromatic carbocycles. The Morgan fingerprint density at radius 2 is 2.04 bits per heavy atom. The quantitative estimate of drug-likeness (QED) is 0.784. The van der Waals surface area contributed by atoms with Gasteiger partial charge in [-0.05, 0) is 12.1 Å². The number of nitriles is 1. The van der Waals surface area contributed by atoms with Gasteiger partial charge in [0.1, 0.15) is 28.6 Å². The molecule has 1 aliphatic heterocycles. The highest BCUT2D eigenvalue weighted by molar-refractivity contribution is 6.29. The summed E-state index contributed by atoms with van der Waals surface area (Å²) in [6.07, 6.45) is -0.0980. The summed E-state index contributed by atoms with van der Waals surface area (Å²) in [6, 6.07) is 6.96. The van der Waals surface area contributed by atoms with Gasteiger partial charge in [-0.25, -0.2) is 13.8 Å². The highest BCUT2D eigenvalue weighted by Crippen LogP contribution is 2.36. The minimum absolute atomic E-state index is 0.00102. The highest BCUT2D eigenvalue weighted by Gasteiger charge is 2.36. The molecule has 2 heterocycles. The largest absolute Gasteiger partial charge is 0.497 e. The summed E-state index contributed by atoms with van der Waals surface area (Å²) in [5.74, 6) is -2.50. The zero-order valence-corrected chi connectivity index (χ0v) is 13.8. The van der Waals surface area contributed by atoms with Gasteiger partial charge in [-0.1, -0.05) is 11.6 Å². The molecule has 128 valence electrons. The van der Waals surface area contributed by atoms with E-state index in [9.17, 15) is 18.8 Å². The molecule has 1 amide bonds. The maximum atomic E-state index is 14.3. The Hall–Kier alpha value is -2.72. The van der Waals surface area contributed by atoms with E-state index < -0.39 is 17.6 Å². The minimum atomic E-state index is -0.781. The molecule has 1 atom stereocenters. The minimum Gasteiger partial charge on any atom is -0.497 e. The average molecular weight is 364 g/mol. The number of hydrogen-bond donors (Lipinski definition) is 0. The molecule has 0 bridgehead atoms. The Morgan fingerprint density at radius 1 is 1.36 bits per heavy atom. The standard InChI is InChI=1S/C17H12ClF2N3O2/c1-25-11-5-12(19)16(13(20)6-11)10-4-15(24)23(8-10)17-9(7-21)2-3-14(18)22-17/h2-3,5-6,10H,4,8H2,1H3. The molecule has 5 nitrogen and oxygen atoms in total. The number of benzene rings is 1. The predicted octanol–water partition coefficient (Wildman–Crippen LogP) is 3.41. The molecule has 1 aliphatic rings. The second-order valence-electron chi connectivity index (χ2n) is 5.53. The maximum Gasteiger partial charge on any atom is 0.228 e. The van der Waals surface area contributed by atoms with Crippen molar-refractivity contribution in [3.63, 3.8) is 0 Å². The van der Waals surface area contributed by atoms with Gasteiger partial charge in [-0.3, -0.25) is 9.69 Å². The van der Waals surface area contributed by atoms with E-state index in [4.69, 9.17) is 16.3 Å². The van der Waals surface area contributed by atoms with Crippen molar-refractivity contribution in [2.45, 2.75) is 12.3 Å². The number of hydrogen-bond acceptors (Lipinski definition) is 4. The van der Waals surface area contributed by atoms with Crippen LogP contribution in [0.15, 0.2) is 24.3 Å². The summed E-state index contributed by atoms with van der Waals surface area (Å²) in [5.41, 5.74) is -0.0220. The Bertz CT molecular complexity index is 875. The van der Waals surface area contributed by atoms with Gasteiger partial charge in [0, 0.05) is 36.6 Å². The van der Waals surface area contributed by atoms with Crippen molar-refractivity contribution < 1.29 is 18.3 Å². The number of amides is 1. The van der Waals surface area contributed by atoms with Gasteiger partial charge < -0.3 is 4.74 Å². The van der Waals surface area contributed by atoms with Crippen LogP contribution in [0, 0.1) is 23.0 Å². The summed E-state index contributed by atoms with van der Waals surface area (Å²) < 4.78 is 33.4. The second kappa shape index (κ2) is 6.65. The number of anilines is 1. The van der Waals surface area contributed by atoms with E-state index in [1.807, 2.05) is 6.07 Å². The maximum absolute atomic E-state index is 14.3. The SMILES string of the molecule is COc1cc(F)c(C2CC(=O)N(c3nc(Cl)ccc3C#N)C2)c(F)c1. The first kappa shape index (κ1) is 17.1. The lowest BCUT2D eigenvalue weighted by Gasteiger charge is -2.18. The smallest absolute Gasteiger partial charge is 0.228 e. The molecular formula is C17H12ClF2N3O2. The van der Waals surface area contributed by atoms with E-state index in [-0.39, 0.29) is 46.7 Å². The number of aromatic nitrogens is 1. The van der Waals surface area contributed by atoms with E-state index in [1.54, 1.807) is 0 Å². The molecule has 0 saturated carbocycles. The second-order valence-corrected chi connectivity index (χ2v) is 5.91. The third-order valence-corrected chi connectivity index (χ3v) is 4.25. The van der Waals surface area contributed by atoms with Crippen LogP contribution in [0.5, 0.6) is 5.75 Å². The Kier molecular flexibility index (Phi) is 4.55. The van der Waals surface area contributed by atoms with Crippen molar-refractivity contribution in [3.05, 3.63) is 52.2 Å². The number of methoxy groups -OCH3 is 1. The van der Waals surface area contributed by atoms with Gasteiger partial charge in [0.05, 0.1) is 12.7 Å². The fourth-order valence-corrected chi connectivity index (χ4v) is 3.04. The zero-order valence-electron chi connectivity index (χ0n) is 13.1. The van der Waals surface area contributed by atoms with Crippen LogP contribution < -0.4 is 9.64 Å². The van der Waals surface area contributed by atoms with Gasteiger partial charge in [-0.2, -0.15) is 5.26 Å². The van der Waals surface area contributed by atoms with E-state index in [1.165, 1.54) is 24.1 Å². The van der Waals surface area contributed by atoms with E-state index in [0.717, 1.165) is 12.1 Å². The van der Waals surface area contributed by atoms with Crippen molar-refractivity contribution in [2.75, 3.05) is 18.6 Å². The first-order valence-corrected chi connectivity index (χ1v) is 7.72. The monoisotopic (exact) mass is 363 g/mol. The summed E-state index contributed by atoms with van der Waals surface area (Å²) >= 11 is 5.84. The Balaban J connectivity index is 1.97. The van der Waals surface area contributed by atoms with E-state index in [2.05, 4.69) is 4.98 Å². The van der Waals surface area contributed by atoms with Crippen LogP contribution in [0.2, 0.25) is 5.15 Å². The van der Waals surface area contributed by atoms with Gasteiger partial charge in [0.25, 0.3) is 0 Å². The van der Waals surface area contributed by atoms with Crippen LogP contribution in [0.3, 0.4) is 0 Å². The molecule has 0 N–H and O–H groups in total. The summed E-state index contributed by atoms with van der Waals surface area (Å²) in [7, 11) is 1.31. The molecule has 3 rings (SSSR count). The average Bonchev–Trinajstić information content (AvgIpc) is 2.95. The predicted molar refractivity (Wildman–Crippen MR) is 86.6 cm³/mol. The van der Waals surface area contributed by atoms with Crippen LogP contribution in [-0.2, 0) is 4.79 Å². The first-order valence-electron chi connectivity index (χ1n) is 7.34. The number of pyridine rings is 1. The van der Waals surface area contributed by atoms with Crippen molar-refractivity contribution in [1.82, 2.24) is 4.98 Å². The number of nitrogens with zero attached hydrogens (tertiary/aromatic N) is 3. The van der Waals surface area contributed by atoms with Gasteiger partial charge >= 0.3 is 0 Å². The molecule has 25 heavy (non-hydrogen) atoms. The van der Waals surface area contributed by atoms with Crippen molar-refractivity contribution >= 4 is 23.3 Å². The van der Waals surface area contributed by atoms with Crippen LogP contribution >= 0.6 is 11.6 Å². The molecule has 8 heteroatoms. The Labute approximate surface area is 147 Å². The number of carbonyl (C=O) groups excluding carboxylic acids is 1. The van der Waals surface area contributed by atoms with E-state index in [0.29, 0.717) is 0 Å². The van der Waals surface area contributed by atoms with Crippen molar-refractivity contribution in [3.8, 4) is 11.8 Å². The van der Waals surface area contributed by atoms with Gasteiger partial charge in [-0.15, -0.1) is 0 Å². The molecule has 0 radical (unpaired) electrons. The summed E-state index contributed by atoms with van der Waals surface area (Å²) in [5, 5.41) is 9.30. The summed E-state index contributed by atoms with van der Waals surface area (Å²) in [4.78, 5) is 17.6. The third-order valence-electron chi connectivity index (χ3n) is 4.04. The molecule has 0 spiro atoms. The molecule has 2 aromatic rings. The number of ether oxygens (including phenoxy) is 1. The molecule has 0 aliphatic carbocycles. The van der Waals surface area contributed by atoms with Gasteiger partial charge in [0.2, 0.25) is 5.91 Å². The lowest BCUT2D eigenvalue weighted by molar-refractivity contribution is -0.117. The molecule has 1 saturated heterocycles. The Morgan fingerprint density at radius 3 is 2.64 bits per heavy atom. The molecule has 1 unspecified atom stereocenters. The normalized spacial score (nSPS) is 16.8.